The van der Waals surface area contributed by atoms with E-state index in [-0.39, 0.29) is 12.3 Å². The van der Waals surface area contributed by atoms with Crippen molar-refractivity contribution in [2.45, 2.75) is 58.9 Å². The molecule has 0 radical (unpaired) electrons. The van der Waals surface area contributed by atoms with Crippen molar-refractivity contribution >= 4 is 21.8 Å². The van der Waals surface area contributed by atoms with Crippen LogP contribution in [0, 0.1) is 0 Å². The first-order valence-electron chi connectivity index (χ1n) is 10.4. The molecule has 8 heteroatoms. The minimum Gasteiger partial charge on any atom is -0.490 e. The van der Waals surface area contributed by atoms with Crippen molar-refractivity contribution in [1.82, 2.24) is 20.1 Å². The first-order valence-corrected chi connectivity index (χ1v) is 11.2. The van der Waals surface area contributed by atoms with Crippen molar-refractivity contribution in [3.63, 3.8) is 0 Å². The number of aryl methyl sites for hydroxylation is 1. The number of nitrogens with zero attached hydrogens (tertiary/aromatic N) is 3. The van der Waals surface area contributed by atoms with E-state index < -0.39 is 0 Å². The molecule has 1 aromatic heterocycles. The third-order valence-electron chi connectivity index (χ3n) is 4.92. The van der Waals surface area contributed by atoms with Gasteiger partial charge in [-0.05, 0) is 44.4 Å². The summed E-state index contributed by atoms with van der Waals surface area (Å²) >= 11 is 3.54. The Labute approximate surface area is 180 Å². The van der Waals surface area contributed by atoms with Gasteiger partial charge in [0.05, 0.1) is 19.6 Å². The Morgan fingerprint density at radius 2 is 1.90 bits per heavy atom. The summed E-state index contributed by atoms with van der Waals surface area (Å²) in [5.41, 5.74) is 0.866. The SMILES string of the molecule is CCOc1cc(Br)c(CC(=O)NCCc2nnc3n2CCCCC3)cc1OCC. The van der Waals surface area contributed by atoms with Crippen molar-refractivity contribution in [2.75, 3.05) is 19.8 Å². The van der Waals surface area contributed by atoms with Gasteiger partial charge < -0.3 is 19.4 Å². The molecular formula is C21H29BrN4O3. The Kier molecular flexibility index (Phi) is 7.91. The quantitative estimate of drug-likeness (QED) is 0.614. The summed E-state index contributed by atoms with van der Waals surface area (Å²) in [4.78, 5) is 12.5. The summed E-state index contributed by atoms with van der Waals surface area (Å²) in [6.07, 6.45) is 5.53. The van der Waals surface area contributed by atoms with Crippen LogP contribution in [0.5, 0.6) is 11.5 Å². The number of benzene rings is 1. The van der Waals surface area contributed by atoms with Crippen LogP contribution in [0.25, 0.3) is 0 Å². The van der Waals surface area contributed by atoms with Crippen LogP contribution < -0.4 is 14.8 Å². The molecule has 0 saturated heterocycles. The molecule has 2 heterocycles. The fraction of sp³-hybridized carbons (Fsp3) is 0.571. The molecule has 1 aromatic carbocycles. The van der Waals surface area contributed by atoms with Gasteiger partial charge in [0.15, 0.2) is 11.5 Å². The van der Waals surface area contributed by atoms with Crippen LogP contribution in [0.15, 0.2) is 16.6 Å². The molecule has 1 aliphatic heterocycles. The minimum absolute atomic E-state index is 0.0343. The molecule has 0 unspecified atom stereocenters. The largest absolute Gasteiger partial charge is 0.490 e. The lowest BCUT2D eigenvalue weighted by Gasteiger charge is -2.14. The van der Waals surface area contributed by atoms with Crippen molar-refractivity contribution in [2.24, 2.45) is 0 Å². The summed E-state index contributed by atoms with van der Waals surface area (Å²) in [5.74, 6) is 3.34. The Morgan fingerprint density at radius 3 is 2.66 bits per heavy atom. The van der Waals surface area contributed by atoms with Gasteiger partial charge in [-0.2, -0.15) is 0 Å². The summed E-state index contributed by atoms with van der Waals surface area (Å²) in [6, 6.07) is 3.74. The van der Waals surface area contributed by atoms with Crippen molar-refractivity contribution in [3.8, 4) is 11.5 Å². The van der Waals surface area contributed by atoms with E-state index in [1.165, 1.54) is 19.3 Å². The topological polar surface area (TPSA) is 78.3 Å². The van der Waals surface area contributed by atoms with Gasteiger partial charge in [-0.25, -0.2) is 0 Å². The maximum atomic E-state index is 12.5. The van der Waals surface area contributed by atoms with Crippen LogP contribution in [0.3, 0.4) is 0 Å². The van der Waals surface area contributed by atoms with Crippen molar-refractivity contribution in [3.05, 3.63) is 33.8 Å². The zero-order chi connectivity index (χ0) is 20.6. The highest BCUT2D eigenvalue weighted by Gasteiger charge is 2.16. The van der Waals surface area contributed by atoms with E-state index in [0.717, 1.165) is 34.7 Å². The second kappa shape index (κ2) is 10.6. The number of carbonyl (C=O) groups is 1. The monoisotopic (exact) mass is 464 g/mol. The van der Waals surface area contributed by atoms with E-state index in [1.54, 1.807) is 0 Å². The molecule has 29 heavy (non-hydrogen) atoms. The number of rotatable bonds is 9. The maximum Gasteiger partial charge on any atom is 0.224 e. The van der Waals surface area contributed by atoms with E-state index in [0.29, 0.717) is 37.7 Å². The summed E-state index contributed by atoms with van der Waals surface area (Å²) in [5, 5.41) is 11.6. The molecule has 0 aliphatic carbocycles. The zero-order valence-corrected chi connectivity index (χ0v) is 18.8. The maximum absolute atomic E-state index is 12.5. The predicted molar refractivity (Wildman–Crippen MR) is 114 cm³/mol. The lowest BCUT2D eigenvalue weighted by Crippen LogP contribution is -2.28. The average molecular weight is 465 g/mol. The number of ether oxygens (including phenoxy) is 2. The third-order valence-corrected chi connectivity index (χ3v) is 5.66. The Hall–Kier alpha value is -2.09. The number of fused-ring (bicyclic) bond motifs is 1. The van der Waals surface area contributed by atoms with E-state index >= 15 is 0 Å². The van der Waals surface area contributed by atoms with Crippen LogP contribution in [0.2, 0.25) is 0 Å². The fourth-order valence-electron chi connectivity index (χ4n) is 3.53. The highest BCUT2D eigenvalue weighted by Crippen LogP contribution is 2.34. The lowest BCUT2D eigenvalue weighted by atomic mass is 10.1. The normalized spacial score (nSPS) is 13.5. The molecule has 0 bridgehead atoms. The molecule has 1 N–H and O–H groups in total. The van der Waals surface area contributed by atoms with Crippen LogP contribution in [0.1, 0.15) is 50.3 Å². The predicted octanol–water partition coefficient (Wildman–Crippen LogP) is 3.47. The molecule has 3 rings (SSSR count). The van der Waals surface area contributed by atoms with E-state index in [1.807, 2.05) is 26.0 Å². The molecule has 0 saturated carbocycles. The molecule has 158 valence electrons. The molecule has 1 amide bonds. The number of hydrogen-bond acceptors (Lipinski definition) is 5. The summed E-state index contributed by atoms with van der Waals surface area (Å²) < 4.78 is 14.3. The standard InChI is InChI=1S/C21H29BrN4O3/c1-3-28-17-12-15(16(22)14-18(17)29-4-2)13-21(27)23-10-9-20-25-24-19-8-6-5-7-11-26(19)20/h12,14H,3-11,13H2,1-2H3,(H,23,27). The van der Waals surface area contributed by atoms with Crippen LogP contribution in [-0.4, -0.2) is 40.4 Å². The van der Waals surface area contributed by atoms with Gasteiger partial charge in [0, 0.05) is 30.4 Å². The summed E-state index contributed by atoms with van der Waals surface area (Å²) in [7, 11) is 0. The van der Waals surface area contributed by atoms with Gasteiger partial charge in [0.25, 0.3) is 0 Å². The number of carbonyl (C=O) groups excluding carboxylic acids is 1. The molecule has 0 atom stereocenters. The average Bonchev–Trinajstić information content (AvgIpc) is 2.92. The lowest BCUT2D eigenvalue weighted by molar-refractivity contribution is -0.120. The van der Waals surface area contributed by atoms with Gasteiger partial charge in [-0.3, -0.25) is 4.79 Å². The Balaban J connectivity index is 1.57. The van der Waals surface area contributed by atoms with Gasteiger partial charge in [0.2, 0.25) is 5.91 Å². The molecule has 2 aromatic rings. The van der Waals surface area contributed by atoms with Crippen LogP contribution in [-0.2, 0) is 30.6 Å². The second-order valence-corrected chi connectivity index (χ2v) is 7.88. The number of hydrogen-bond donors (Lipinski definition) is 1. The van der Waals surface area contributed by atoms with Crippen molar-refractivity contribution < 1.29 is 14.3 Å². The zero-order valence-electron chi connectivity index (χ0n) is 17.2. The first-order chi connectivity index (χ1) is 14.1. The molecule has 0 spiro atoms. The number of aromatic nitrogens is 3. The molecular weight excluding hydrogens is 436 g/mol. The molecule has 7 nitrogen and oxygen atoms in total. The minimum atomic E-state index is -0.0343. The highest BCUT2D eigenvalue weighted by atomic mass is 79.9. The Morgan fingerprint density at radius 1 is 1.14 bits per heavy atom. The van der Waals surface area contributed by atoms with E-state index in [2.05, 4.69) is 36.0 Å². The molecule has 0 fully saturated rings. The number of halogens is 1. The second-order valence-electron chi connectivity index (χ2n) is 7.03. The van der Waals surface area contributed by atoms with Crippen molar-refractivity contribution in [1.29, 1.82) is 0 Å². The van der Waals surface area contributed by atoms with Crippen LogP contribution in [0.4, 0.5) is 0 Å². The highest BCUT2D eigenvalue weighted by molar-refractivity contribution is 9.10. The third kappa shape index (κ3) is 5.72. The van der Waals surface area contributed by atoms with Gasteiger partial charge in [0.1, 0.15) is 11.6 Å². The smallest absolute Gasteiger partial charge is 0.224 e. The number of nitrogens with one attached hydrogen (secondary N) is 1. The van der Waals surface area contributed by atoms with E-state index in [9.17, 15) is 4.79 Å². The van der Waals surface area contributed by atoms with Gasteiger partial charge >= 0.3 is 0 Å². The van der Waals surface area contributed by atoms with Crippen LogP contribution >= 0.6 is 15.9 Å². The fourth-order valence-corrected chi connectivity index (χ4v) is 3.99. The van der Waals surface area contributed by atoms with E-state index in [4.69, 9.17) is 9.47 Å². The van der Waals surface area contributed by atoms with Gasteiger partial charge in [-0.15, -0.1) is 10.2 Å². The van der Waals surface area contributed by atoms with Gasteiger partial charge in [-0.1, -0.05) is 22.4 Å². The summed E-state index contributed by atoms with van der Waals surface area (Å²) in [6.45, 7) is 6.47. The molecule has 1 aliphatic rings. The Bertz CT molecular complexity index is 838. The number of amides is 1. The first kappa shape index (κ1) is 21.6.